The summed E-state index contributed by atoms with van der Waals surface area (Å²) in [6.45, 7) is 2.73. The largest absolute Gasteiger partial charge is 0.443 e. The molecule has 1 aromatic carbocycles. The van der Waals surface area contributed by atoms with E-state index in [2.05, 4.69) is 10.3 Å². The number of aromatic nitrogens is 3. The van der Waals surface area contributed by atoms with Crippen molar-refractivity contribution in [2.24, 2.45) is 0 Å². The summed E-state index contributed by atoms with van der Waals surface area (Å²) < 4.78 is 87.5. The molecule has 0 aliphatic carbocycles. The van der Waals surface area contributed by atoms with Crippen LogP contribution >= 0.6 is 0 Å². The van der Waals surface area contributed by atoms with Crippen molar-refractivity contribution in [3.63, 3.8) is 0 Å². The molecule has 0 bridgehead atoms. The molecule has 16 heteroatoms. The lowest BCUT2D eigenvalue weighted by atomic mass is 10.2. The number of furan rings is 1. The molecule has 1 aliphatic rings. The van der Waals surface area contributed by atoms with Gasteiger partial charge in [-0.3, -0.25) is 18.7 Å². The first-order valence-corrected chi connectivity index (χ1v) is 14.5. The van der Waals surface area contributed by atoms with Crippen LogP contribution in [0.4, 0.5) is 17.6 Å². The number of nitrogens with zero attached hydrogens (tertiary/aromatic N) is 4. The Balaban J connectivity index is 1.41. The number of fused-ring (bicyclic) bond motifs is 1. The van der Waals surface area contributed by atoms with Gasteiger partial charge in [-0.05, 0) is 57.0 Å². The third-order valence-electron chi connectivity index (χ3n) is 7.00. The molecule has 1 aliphatic heterocycles. The number of carbonyl (C=O) groups excluding carboxylic acids is 1. The number of hydrogen-bond acceptors (Lipinski definition) is 7. The molecule has 1 atom stereocenters. The van der Waals surface area contributed by atoms with Gasteiger partial charge in [0.2, 0.25) is 11.0 Å². The normalized spacial score (nSPS) is 16.3. The number of rotatable bonds is 7. The van der Waals surface area contributed by atoms with E-state index in [9.17, 15) is 40.4 Å². The van der Waals surface area contributed by atoms with Crippen molar-refractivity contribution in [1.82, 2.24) is 23.7 Å². The third kappa shape index (κ3) is 5.71. The zero-order valence-electron chi connectivity index (χ0n) is 22.8. The van der Waals surface area contributed by atoms with Gasteiger partial charge in [0, 0.05) is 36.8 Å². The lowest BCUT2D eigenvalue weighted by molar-refractivity contribution is -0.141. The first-order chi connectivity index (χ1) is 20.2. The number of alkyl halides is 3. The Morgan fingerprint density at radius 1 is 1.16 bits per heavy atom. The molecular weight excluding hydrogens is 598 g/mol. The standard InChI is InChI=1S/C27H25F4N5O6S/c1-15(2)36-25(38)17(14-34(26(36)39)19-6-8-22(32-13-19)27(29,30)31)12-33-24(37)20-4-3-9-35(20)43(40,41)23-11-16-10-18(28)5-7-21(16)42-23/h5-8,10-11,13-15,20H,3-4,9,12H2,1-2H3,(H,33,37)/t20-/m0/s1. The fourth-order valence-electron chi connectivity index (χ4n) is 4.90. The first kappa shape index (κ1) is 30.2. The molecule has 5 rings (SSSR count). The molecule has 1 fully saturated rings. The molecule has 43 heavy (non-hydrogen) atoms. The number of carbonyl (C=O) groups is 1. The number of halogens is 4. The Hall–Kier alpha value is -4.31. The molecular formula is C27H25F4N5O6S. The highest BCUT2D eigenvalue weighted by Crippen LogP contribution is 2.31. The van der Waals surface area contributed by atoms with E-state index in [0.29, 0.717) is 12.5 Å². The van der Waals surface area contributed by atoms with E-state index >= 15 is 0 Å². The summed E-state index contributed by atoms with van der Waals surface area (Å²) in [5.74, 6) is -1.29. The summed E-state index contributed by atoms with van der Waals surface area (Å²) in [5.41, 5.74) is -2.69. The van der Waals surface area contributed by atoms with E-state index in [1.54, 1.807) is 13.8 Å². The zero-order valence-corrected chi connectivity index (χ0v) is 23.6. The summed E-state index contributed by atoms with van der Waals surface area (Å²) in [7, 11) is -4.29. The number of benzene rings is 1. The van der Waals surface area contributed by atoms with Gasteiger partial charge < -0.3 is 9.73 Å². The smallest absolute Gasteiger partial charge is 0.433 e. The highest BCUT2D eigenvalue weighted by atomic mass is 32.2. The van der Waals surface area contributed by atoms with Crippen molar-refractivity contribution >= 4 is 26.9 Å². The molecule has 0 spiro atoms. The Kier molecular flexibility index (Phi) is 7.77. The average Bonchev–Trinajstić information content (AvgIpc) is 3.60. The second kappa shape index (κ2) is 11.1. The fraction of sp³-hybridized carbons (Fsp3) is 0.333. The lowest BCUT2D eigenvalue weighted by Gasteiger charge is -2.22. The van der Waals surface area contributed by atoms with Crippen molar-refractivity contribution in [3.05, 3.63) is 86.7 Å². The van der Waals surface area contributed by atoms with E-state index in [0.717, 1.165) is 44.0 Å². The summed E-state index contributed by atoms with van der Waals surface area (Å²) in [6.07, 6.45) is -2.22. The van der Waals surface area contributed by atoms with Crippen LogP contribution in [0, 0.1) is 5.82 Å². The maximum Gasteiger partial charge on any atom is 0.433 e. The molecule has 1 amide bonds. The van der Waals surface area contributed by atoms with Gasteiger partial charge in [-0.15, -0.1) is 0 Å². The molecule has 11 nitrogen and oxygen atoms in total. The summed E-state index contributed by atoms with van der Waals surface area (Å²) in [5, 5.41) is 2.33. The van der Waals surface area contributed by atoms with Crippen molar-refractivity contribution in [1.29, 1.82) is 0 Å². The molecule has 4 aromatic rings. The van der Waals surface area contributed by atoms with Crippen LogP contribution < -0.4 is 16.6 Å². The van der Waals surface area contributed by atoms with Gasteiger partial charge in [0.1, 0.15) is 23.1 Å². The minimum Gasteiger partial charge on any atom is -0.443 e. The van der Waals surface area contributed by atoms with E-state index in [-0.39, 0.29) is 35.2 Å². The van der Waals surface area contributed by atoms with Crippen molar-refractivity contribution < 1.29 is 35.2 Å². The predicted molar refractivity (Wildman–Crippen MR) is 144 cm³/mol. The quantitative estimate of drug-likeness (QED) is 0.312. The Labute approximate surface area is 241 Å². The van der Waals surface area contributed by atoms with Crippen LogP contribution in [-0.2, 0) is 27.5 Å². The Morgan fingerprint density at radius 2 is 1.91 bits per heavy atom. The topological polar surface area (TPSA) is 137 Å². The minimum atomic E-state index is -4.69. The van der Waals surface area contributed by atoms with Crippen LogP contribution in [0.15, 0.2) is 67.9 Å². The maximum absolute atomic E-state index is 13.6. The number of sulfonamides is 1. The number of hydrogen-bond donors (Lipinski definition) is 1. The monoisotopic (exact) mass is 623 g/mol. The van der Waals surface area contributed by atoms with E-state index < -0.39 is 68.6 Å². The van der Waals surface area contributed by atoms with Gasteiger partial charge in [-0.1, -0.05) is 0 Å². The average molecular weight is 624 g/mol. The fourth-order valence-corrected chi connectivity index (χ4v) is 6.51. The van der Waals surface area contributed by atoms with Crippen LogP contribution in [0.25, 0.3) is 16.7 Å². The van der Waals surface area contributed by atoms with Crippen molar-refractivity contribution in [2.75, 3.05) is 6.54 Å². The van der Waals surface area contributed by atoms with Gasteiger partial charge >= 0.3 is 11.9 Å². The van der Waals surface area contributed by atoms with Gasteiger partial charge in [0.25, 0.3) is 15.6 Å². The van der Waals surface area contributed by atoms with Gasteiger partial charge in [0.15, 0.2) is 0 Å². The number of pyridine rings is 1. The maximum atomic E-state index is 13.6. The third-order valence-corrected chi connectivity index (χ3v) is 8.77. The number of nitrogens with one attached hydrogen (secondary N) is 1. The summed E-state index contributed by atoms with van der Waals surface area (Å²) >= 11 is 0. The zero-order chi connectivity index (χ0) is 31.3. The molecule has 0 saturated carbocycles. The van der Waals surface area contributed by atoms with Gasteiger partial charge in [-0.25, -0.2) is 22.6 Å². The molecule has 228 valence electrons. The molecule has 0 radical (unpaired) electrons. The molecule has 3 aromatic heterocycles. The number of amides is 1. The predicted octanol–water partition coefficient (Wildman–Crippen LogP) is 3.35. The molecule has 1 saturated heterocycles. The van der Waals surface area contributed by atoms with E-state index in [1.165, 1.54) is 12.1 Å². The van der Waals surface area contributed by atoms with Crippen LogP contribution in [0.1, 0.15) is 44.0 Å². The van der Waals surface area contributed by atoms with Gasteiger partial charge in [0.05, 0.1) is 17.4 Å². The summed E-state index contributed by atoms with van der Waals surface area (Å²) in [4.78, 5) is 42.8. The second-order valence-electron chi connectivity index (χ2n) is 10.2. The highest BCUT2D eigenvalue weighted by molar-refractivity contribution is 7.89. The second-order valence-corrected chi connectivity index (χ2v) is 12.0. The summed E-state index contributed by atoms with van der Waals surface area (Å²) in [6, 6.07) is 4.65. The first-order valence-electron chi connectivity index (χ1n) is 13.1. The highest BCUT2D eigenvalue weighted by Gasteiger charge is 2.41. The minimum absolute atomic E-state index is 0.0117. The van der Waals surface area contributed by atoms with Crippen molar-refractivity contribution in [2.45, 2.75) is 56.6 Å². The molecule has 0 unspecified atom stereocenters. The van der Waals surface area contributed by atoms with Crippen LogP contribution in [0.3, 0.4) is 0 Å². The Morgan fingerprint density at radius 3 is 2.56 bits per heavy atom. The Bertz CT molecular complexity index is 1930. The van der Waals surface area contributed by atoms with Crippen LogP contribution in [0.2, 0.25) is 0 Å². The lowest BCUT2D eigenvalue weighted by Crippen LogP contribution is -2.47. The molecule has 4 heterocycles. The van der Waals surface area contributed by atoms with Crippen molar-refractivity contribution in [3.8, 4) is 5.69 Å². The molecule has 1 N–H and O–H groups in total. The van der Waals surface area contributed by atoms with E-state index in [1.807, 2.05) is 0 Å². The van der Waals surface area contributed by atoms with E-state index in [4.69, 9.17) is 4.42 Å². The van der Waals surface area contributed by atoms with Crippen LogP contribution in [0.5, 0.6) is 0 Å². The SMILES string of the molecule is CC(C)n1c(=O)c(CNC(=O)[C@@H]2CCCN2S(=O)(=O)c2cc3cc(F)ccc3o2)cn(-c2ccc(C(F)(F)F)nc2)c1=O. The van der Waals surface area contributed by atoms with Gasteiger partial charge in [-0.2, -0.15) is 17.5 Å². The van der Waals surface area contributed by atoms with Crippen LogP contribution in [-0.4, -0.2) is 45.3 Å².